The average Bonchev–Trinajstić information content (AvgIpc) is 2.78. The quantitative estimate of drug-likeness (QED) is 0.201. The molecule has 0 saturated heterocycles. The van der Waals surface area contributed by atoms with Crippen molar-refractivity contribution in [3.63, 3.8) is 0 Å². The van der Waals surface area contributed by atoms with E-state index in [9.17, 15) is 4.79 Å². The van der Waals surface area contributed by atoms with Crippen LogP contribution in [0.4, 0.5) is 5.69 Å². The minimum Gasteiger partial charge on any atom is -1.00 e. The molecule has 0 spiro atoms. The number of carbonyl (C=O) groups excluding carboxylic acids is 1. The highest BCUT2D eigenvalue weighted by Crippen LogP contribution is 2.43. The molecule has 32 heavy (non-hydrogen) atoms. The number of nitrogens with zero attached hydrogens (tertiary/aromatic N) is 1. The van der Waals surface area contributed by atoms with Gasteiger partial charge < -0.3 is 33.3 Å². The molecule has 0 saturated carbocycles. The third-order valence-electron chi connectivity index (χ3n) is 5.69. The van der Waals surface area contributed by atoms with E-state index in [1.165, 1.54) is 0 Å². The second kappa shape index (κ2) is 9.02. The Labute approximate surface area is 193 Å². The standard InChI is InChI=1S/C25H25N3O3.ClH/c1-14(26)25(29)16-9-7-11-20-24(16)23(15-8-5-6-10-19(15)28(20)2)17-12-22(31-4)18(27)13-21(17)30-3;/h5-14,27H,26H2,1-4H3;1H/t14-;/m0./s1. The topological polar surface area (TPSA) is 91.5 Å². The Hall–Kier alpha value is -3.35. The number of carbonyl (C=O) groups is 1. The van der Waals surface area contributed by atoms with Crippen molar-refractivity contribution in [3.05, 3.63) is 60.2 Å². The lowest BCUT2D eigenvalue weighted by molar-refractivity contribution is -0.617. The minimum absolute atomic E-state index is 0. The molecule has 166 valence electrons. The summed E-state index contributed by atoms with van der Waals surface area (Å²) in [6.45, 7) is 1.70. The predicted molar refractivity (Wildman–Crippen MR) is 124 cm³/mol. The Kier molecular flexibility index (Phi) is 6.57. The Morgan fingerprint density at radius 1 is 0.969 bits per heavy atom. The number of fused-ring (bicyclic) bond motifs is 2. The van der Waals surface area contributed by atoms with Crippen molar-refractivity contribution in [1.82, 2.24) is 0 Å². The number of ketones is 1. The Balaban J connectivity index is 0.00000289. The summed E-state index contributed by atoms with van der Waals surface area (Å²) < 4.78 is 13.3. The number of benzene rings is 3. The van der Waals surface area contributed by atoms with Gasteiger partial charge in [0, 0.05) is 34.9 Å². The zero-order valence-corrected chi connectivity index (χ0v) is 19.2. The van der Waals surface area contributed by atoms with Crippen molar-refractivity contribution >= 4 is 33.3 Å². The SMILES string of the molecule is COc1cc(-c2c3ccccc3[n+](C)c3cccc(C(=O)[C@H](C)N)c23)c(OC)cc1N.[Cl-]. The lowest BCUT2D eigenvalue weighted by Gasteiger charge is -2.18. The average molecular weight is 452 g/mol. The zero-order chi connectivity index (χ0) is 22.3. The molecule has 6 nitrogen and oxygen atoms in total. The van der Waals surface area contributed by atoms with E-state index in [2.05, 4.69) is 10.6 Å². The fraction of sp³-hybridized carbons (Fsp3) is 0.200. The molecule has 0 unspecified atom stereocenters. The Morgan fingerprint density at radius 3 is 2.28 bits per heavy atom. The van der Waals surface area contributed by atoms with Gasteiger partial charge in [-0.2, -0.15) is 4.57 Å². The first-order chi connectivity index (χ1) is 14.9. The molecule has 0 bridgehead atoms. The van der Waals surface area contributed by atoms with Gasteiger partial charge in [-0.1, -0.05) is 24.3 Å². The molecule has 4 N–H and O–H groups in total. The van der Waals surface area contributed by atoms with Crippen molar-refractivity contribution in [2.45, 2.75) is 13.0 Å². The lowest BCUT2D eigenvalue weighted by atomic mass is 9.90. The number of nitrogen functional groups attached to an aromatic ring is 1. The second-order valence-corrected chi connectivity index (χ2v) is 7.60. The van der Waals surface area contributed by atoms with E-state index in [1.807, 2.05) is 49.5 Å². The number of hydrogen-bond acceptors (Lipinski definition) is 5. The number of rotatable bonds is 5. The van der Waals surface area contributed by atoms with Gasteiger partial charge in [0.15, 0.2) is 5.78 Å². The van der Waals surface area contributed by atoms with Crippen LogP contribution in [0.3, 0.4) is 0 Å². The molecule has 4 aromatic rings. The number of anilines is 1. The van der Waals surface area contributed by atoms with Crippen LogP contribution in [0.5, 0.6) is 11.5 Å². The van der Waals surface area contributed by atoms with Crippen LogP contribution in [0.2, 0.25) is 0 Å². The number of Topliss-reactive ketones (excluding diaryl/α,β-unsaturated/α-hetero) is 1. The van der Waals surface area contributed by atoms with Crippen molar-refractivity contribution in [2.75, 3.05) is 20.0 Å². The molecule has 1 heterocycles. The smallest absolute Gasteiger partial charge is 0.214 e. The van der Waals surface area contributed by atoms with Gasteiger partial charge in [-0.3, -0.25) is 4.79 Å². The van der Waals surface area contributed by atoms with E-state index < -0.39 is 6.04 Å². The van der Waals surface area contributed by atoms with Gasteiger partial charge in [0.25, 0.3) is 0 Å². The Morgan fingerprint density at radius 2 is 1.62 bits per heavy atom. The molecule has 3 aromatic carbocycles. The summed E-state index contributed by atoms with van der Waals surface area (Å²) in [6.07, 6.45) is 0. The second-order valence-electron chi connectivity index (χ2n) is 7.60. The van der Waals surface area contributed by atoms with Crippen LogP contribution in [0, 0.1) is 0 Å². The summed E-state index contributed by atoms with van der Waals surface area (Å²) in [7, 11) is 5.18. The molecule has 1 atom stereocenters. The van der Waals surface area contributed by atoms with E-state index in [1.54, 1.807) is 27.2 Å². The van der Waals surface area contributed by atoms with Crippen molar-refractivity contribution in [2.24, 2.45) is 12.8 Å². The van der Waals surface area contributed by atoms with Crippen molar-refractivity contribution in [3.8, 4) is 22.6 Å². The van der Waals surface area contributed by atoms with E-state index >= 15 is 0 Å². The third kappa shape index (κ3) is 3.61. The van der Waals surface area contributed by atoms with Gasteiger partial charge in [0.2, 0.25) is 11.0 Å². The highest BCUT2D eigenvalue weighted by molar-refractivity contribution is 6.18. The lowest BCUT2D eigenvalue weighted by Crippen LogP contribution is -3.00. The van der Waals surface area contributed by atoms with E-state index in [4.69, 9.17) is 20.9 Å². The number of ether oxygens (including phenoxy) is 2. The number of nitrogens with two attached hydrogens (primary N) is 2. The number of halogens is 1. The van der Waals surface area contributed by atoms with Crippen molar-refractivity contribution in [1.29, 1.82) is 0 Å². The number of aromatic nitrogens is 1. The van der Waals surface area contributed by atoms with Gasteiger partial charge in [-0.15, -0.1) is 0 Å². The normalized spacial score (nSPS) is 11.8. The molecule has 0 amide bonds. The number of pyridine rings is 1. The number of hydrogen-bond donors (Lipinski definition) is 2. The van der Waals surface area contributed by atoms with Crippen LogP contribution in [-0.2, 0) is 7.05 Å². The molecular weight excluding hydrogens is 426 g/mol. The minimum atomic E-state index is -0.627. The van der Waals surface area contributed by atoms with Crippen LogP contribution in [-0.4, -0.2) is 26.0 Å². The van der Waals surface area contributed by atoms with E-state index in [-0.39, 0.29) is 18.2 Å². The van der Waals surface area contributed by atoms with Crippen LogP contribution in [0.25, 0.3) is 32.9 Å². The first-order valence-electron chi connectivity index (χ1n) is 10.0. The fourth-order valence-electron chi connectivity index (χ4n) is 4.17. The third-order valence-corrected chi connectivity index (χ3v) is 5.69. The van der Waals surface area contributed by atoms with E-state index in [0.29, 0.717) is 22.7 Å². The van der Waals surface area contributed by atoms with Gasteiger partial charge >= 0.3 is 0 Å². The molecule has 0 radical (unpaired) electrons. The largest absolute Gasteiger partial charge is 1.00 e. The summed E-state index contributed by atoms with van der Waals surface area (Å²) >= 11 is 0. The molecule has 1 aromatic heterocycles. The molecule has 0 fully saturated rings. The molecule has 0 aliphatic heterocycles. The molecule has 7 heteroatoms. The van der Waals surface area contributed by atoms with Gasteiger partial charge in [-0.25, -0.2) is 0 Å². The Bertz CT molecular complexity index is 1340. The number of para-hydroxylation sites is 1. The molecule has 0 aliphatic carbocycles. The zero-order valence-electron chi connectivity index (χ0n) is 18.5. The monoisotopic (exact) mass is 451 g/mol. The summed E-state index contributed by atoms with van der Waals surface area (Å²) in [4.78, 5) is 13.1. The summed E-state index contributed by atoms with van der Waals surface area (Å²) in [5, 5.41) is 1.80. The van der Waals surface area contributed by atoms with Gasteiger partial charge in [-0.05, 0) is 19.1 Å². The first kappa shape index (κ1) is 23.3. The highest BCUT2D eigenvalue weighted by atomic mass is 35.5. The maximum absolute atomic E-state index is 13.1. The van der Waals surface area contributed by atoms with Gasteiger partial charge in [0.05, 0.1) is 36.7 Å². The van der Waals surface area contributed by atoms with E-state index in [0.717, 1.165) is 32.9 Å². The van der Waals surface area contributed by atoms with Crippen LogP contribution in [0.15, 0.2) is 54.6 Å². The van der Waals surface area contributed by atoms with Crippen LogP contribution < -0.4 is 37.9 Å². The summed E-state index contributed by atoms with van der Waals surface area (Å²) in [5.74, 6) is 1.02. The fourth-order valence-corrected chi connectivity index (χ4v) is 4.17. The first-order valence-corrected chi connectivity index (χ1v) is 10.0. The van der Waals surface area contributed by atoms with Gasteiger partial charge in [0.1, 0.15) is 18.5 Å². The number of methoxy groups -OCH3 is 2. The highest BCUT2D eigenvalue weighted by Gasteiger charge is 2.27. The summed E-state index contributed by atoms with van der Waals surface area (Å²) in [5.41, 5.74) is 16.8. The summed E-state index contributed by atoms with van der Waals surface area (Å²) in [6, 6.07) is 16.8. The maximum atomic E-state index is 13.1. The van der Waals surface area contributed by atoms with Crippen LogP contribution in [0.1, 0.15) is 17.3 Å². The van der Waals surface area contributed by atoms with Crippen LogP contribution >= 0.6 is 0 Å². The number of aryl methyl sites for hydroxylation is 1. The maximum Gasteiger partial charge on any atom is 0.214 e. The molecule has 4 rings (SSSR count). The predicted octanol–water partition coefficient (Wildman–Crippen LogP) is 0.618. The molecule has 0 aliphatic rings. The molecular formula is C25H26ClN3O3. The van der Waals surface area contributed by atoms with Crippen molar-refractivity contribution < 1.29 is 31.2 Å².